The molecular weight excluding hydrogens is 260 g/mol. The number of alkyl carbamates (subject to hydrolysis) is 1. The van der Waals surface area contributed by atoms with Gasteiger partial charge in [0.05, 0.1) is 0 Å². The van der Waals surface area contributed by atoms with Crippen LogP contribution in [0.15, 0.2) is 6.07 Å². The second kappa shape index (κ2) is 6.40. The first-order valence-electron chi connectivity index (χ1n) is 6.81. The Morgan fingerprint density at radius 1 is 1.55 bits per heavy atom. The number of carbonyl (C=O) groups is 2. The van der Waals surface area contributed by atoms with E-state index >= 15 is 0 Å². The number of hydrogen-bond acceptors (Lipinski definition) is 4. The van der Waals surface area contributed by atoms with Crippen LogP contribution in [0.3, 0.4) is 0 Å². The van der Waals surface area contributed by atoms with E-state index in [1.165, 1.54) is 0 Å². The van der Waals surface area contributed by atoms with Gasteiger partial charge in [0.15, 0.2) is 5.82 Å². The van der Waals surface area contributed by atoms with Gasteiger partial charge in [-0.05, 0) is 33.1 Å². The van der Waals surface area contributed by atoms with Crippen molar-refractivity contribution in [3.63, 3.8) is 0 Å². The molecule has 1 heterocycles. The second-order valence-electron chi connectivity index (χ2n) is 5.31. The molecule has 1 aliphatic carbocycles. The topological polar surface area (TPSA) is 96.1 Å². The zero-order valence-corrected chi connectivity index (χ0v) is 11.7. The highest BCUT2D eigenvalue weighted by atomic mass is 16.6. The summed E-state index contributed by atoms with van der Waals surface area (Å²) < 4.78 is 5.37. The SMILES string of the molecule is CC(C)NC(=O)O[C@H]1CC[C@@H](c2cc(NC=O)n[nH]2)C1. The third-order valence-electron chi connectivity index (χ3n) is 3.31. The first-order chi connectivity index (χ1) is 9.58. The largest absolute Gasteiger partial charge is 0.446 e. The molecule has 0 radical (unpaired) electrons. The molecule has 0 aromatic carbocycles. The van der Waals surface area contributed by atoms with Crippen molar-refractivity contribution in [1.82, 2.24) is 15.5 Å². The van der Waals surface area contributed by atoms with Crippen LogP contribution in [0.2, 0.25) is 0 Å². The number of ether oxygens (including phenoxy) is 1. The molecule has 2 amide bonds. The van der Waals surface area contributed by atoms with E-state index in [2.05, 4.69) is 20.8 Å². The summed E-state index contributed by atoms with van der Waals surface area (Å²) in [6.45, 7) is 3.79. The molecule has 0 bridgehead atoms. The molecule has 1 saturated carbocycles. The highest BCUT2D eigenvalue weighted by Gasteiger charge is 2.29. The smallest absolute Gasteiger partial charge is 0.407 e. The Kier molecular flexibility index (Phi) is 4.60. The number of aromatic amines is 1. The van der Waals surface area contributed by atoms with Gasteiger partial charge in [-0.25, -0.2) is 4.79 Å². The van der Waals surface area contributed by atoms with E-state index in [4.69, 9.17) is 4.74 Å². The maximum absolute atomic E-state index is 11.5. The number of nitrogens with one attached hydrogen (secondary N) is 3. The van der Waals surface area contributed by atoms with Crippen LogP contribution < -0.4 is 10.6 Å². The summed E-state index contributed by atoms with van der Waals surface area (Å²) in [4.78, 5) is 21.9. The summed E-state index contributed by atoms with van der Waals surface area (Å²) in [5.41, 5.74) is 0.963. The molecule has 20 heavy (non-hydrogen) atoms. The van der Waals surface area contributed by atoms with Crippen LogP contribution in [0.5, 0.6) is 0 Å². The standard InChI is InChI=1S/C13H20N4O3/c1-8(2)15-13(19)20-10-4-3-9(5-10)11-6-12(14-7-18)17-16-11/h6-10H,3-5H2,1-2H3,(H,15,19)(H2,14,16,17,18)/t9-,10+/m1/s1. The van der Waals surface area contributed by atoms with Crippen molar-refractivity contribution in [2.24, 2.45) is 0 Å². The molecule has 3 N–H and O–H groups in total. The first kappa shape index (κ1) is 14.4. The fraction of sp³-hybridized carbons (Fsp3) is 0.615. The lowest BCUT2D eigenvalue weighted by molar-refractivity contribution is -0.105. The summed E-state index contributed by atoms with van der Waals surface area (Å²) in [5.74, 6) is 0.790. The van der Waals surface area contributed by atoms with Crippen LogP contribution >= 0.6 is 0 Å². The van der Waals surface area contributed by atoms with Gasteiger partial charge in [-0.3, -0.25) is 9.89 Å². The van der Waals surface area contributed by atoms with E-state index < -0.39 is 0 Å². The van der Waals surface area contributed by atoms with E-state index in [9.17, 15) is 9.59 Å². The number of amides is 2. The average molecular weight is 280 g/mol. The minimum Gasteiger partial charge on any atom is -0.446 e. The average Bonchev–Trinajstić information content (AvgIpc) is 2.97. The van der Waals surface area contributed by atoms with Gasteiger partial charge in [-0.1, -0.05) is 0 Å². The summed E-state index contributed by atoms with van der Waals surface area (Å²) in [6, 6.07) is 1.89. The quantitative estimate of drug-likeness (QED) is 0.716. The number of H-pyrrole nitrogens is 1. The lowest BCUT2D eigenvalue weighted by atomic mass is 10.0. The van der Waals surface area contributed by atoms with E-state index in [-0.39, 0.29) is 24.2 Å². The van der Waals surface area contributed by atoms with E-state index in [0.29, 0.717) is 12.2 Å². The van der Waals surface area contributed by atoms with Crippen molar-refractivity contribution in [1.29, 1.82) is 0 Å². The summed E-state index contributed by atoms with van der Waals surface area (Å²) in [7, 11) is 0. The molecule has 0 unspecified atom stereocenters. The van der Waals surface area contributed by atoms with Gasteiger partial charge >= 0.3 is 6.09 Å². The Morgan fingerprint density at radius 3 is 3.05 bits per heavy atom. The number of anilines is 1. The molecule has 110 valence electrons. The van der Waals surface area contributed by atoms with Crippen LogP contribution in [0.25, 0.3) is 0 Å². The maximum Gasteiger partial charge on any atom is 0.407 e. The molecule has 1 fully saturated rings. The third-order valence-corrected chi connectivity index (χ3v) is 3.31. The zero-order valence-electron chi connectivity index (χ0n) is 11.7. The summed E-state index contributed by atoms with van der Waals surface area (Å²) in [5, 5.41) is 12.1. The Labute approximate surface area is 117 Å². The molecule has 1 aromatic heterocycles. The van der Waals surface area contributed by atoms with Gasteiger partial charge in [0.2, 0.25) is 6.41 Å². The van der Waals surface area contributed by atoms with Gasteiger partial charge in [0.1, 0.15) is 6.10 Å². The highest BCUT2D eigenvalue weighted by molar-refractivity contribution is 5.69. The molecule has 2 atom stereocenters. The minimum atomic E-state index is -0.362. The van der Waals surface area contributed by atoms with Crippen molar-refractivity contribution in [3.05, 3.63) is 11.8 Å². The van der Waals surface area contributed by atoms with E-state index in [1.807, 2.05) is 19.9 Å². The lowest BCUT2D eigenvalue weighted by Crippen LogP contribution is -2.33. The first-order valence-corrected chi connectivity index (χ1v) is 6.81. The Bertz CT molecular complexity index is 472. The van der Waals surface area contributed by atoms with Gasteiger partial charge < -0.3 is 15.4 Å². The number of rotatable bonds is 5. The van der Waals surface area contributed by atoms with Gasteiger partial charge in [0, 0.05) is 23.7 Å². The Balaban J connectivity index is 1.85. The molecule has 7 heteroatoms. The molecule has 7 nitrogen and oxygen atoms in total. The van der Waals surface area contributed by atoms with Gasteiger partial charge in [-0.2, -0.15) is 5.10 Å². The molecule has 0 spiro atoms. The minimum absolute atomic E-state index is 0.0652. The molecule has 0 saturated heterocycles. The van der Waals surface area contributed by atoms with E-state index in [1.54, 1.807) is 0 Å². The molecule has 1 aliphatic rings. The molecular formula is C13H20N4O3. The molecule has 2 rings (SSSR count). The Morgan fingerprint density at radius 2 is 2.35 bits per heavy atom. The summed E-state index contributed by atoms with van der Waals surface area (Å²) in [6.07, 6.45) is 2.71. The van der Waals surface area contributed by atoms with Crippen LogP contribution in [0.4, 0.5) is 10.6 Å². The summed E-state index contributed by atoms with van der Waals surface area (Å²) >= 11 is 0. The van der Waals surface area contributed by atoms with Gasteiger partial charge in [-0.15, -0.1) is 0 Å². The fourth-order valence-corrected chi connectivity index (χ4v) is 2.43. The monoisotopic (exact) mass is 280 g/mol. The number of carbonyl (C=O) groups excluding carboxylic acids is 2. The fourth-order valence-electron chi connectivity index (χ4n) is 2.43. The highest BCUT2D eigenvalue weighted by Crippen LogP contribution is 2.35. The van der Waals surface area contributed by atoms with Gasteiger partial charge in [0.25, 0.3) is 0 Å². The molecule has 0 aliphatic heterocycles. The van der Waals surface area contributed by atoms with Crippen molar-refractivity contribution >= 4 is 18.3 Å². The predicted octanol–water partition coefficient (Wildman–Crippen LogP) is 1.75. The molecule has 1 aromatic rings. The van der Waals surface area contributed by atoms with Crippen LogP contribution in [0, 0.1) is 0 Å². The number of aromatic nitrogens is 2. The third kappa shape index (κ3) is 3.72. The van der Waals surface area contributed by atoms with Crippen LogP contribution in [-0.2, 0) is 9.53 Å². The van der Waals surface area contributed by atoms with Crippen molar-refractivity contribution in [2.45, 2.75) is 51.2 Å². The lowest BCUT2D eigenvalue weighted by Gasteiger charge is -2.14. The maximum atomic E-state index is 11.5. The second-order valence-corrected chi connectivity index (χ2v) is 5.31. The van der Waals surface area contributed by atoms with Crippen molar-refractivity contribution in [2.75, 3.05) is 5.32 Å². The Hall–Kier alpha value is -2.05. The predicted molar refractivity (Wildman–Crippen MR) is 73.4 cm³/mol. The van der Waals surface area contributed by atoms with E-state index in [0.717, 1.165) is 25.0 Å². The normalized spacial score (nSPS) is 21.8. The number of nitrogens with zero attached hydrogens (tertiary/aromatic N) is 1. The number of hydrogen-bond donors (Lipinski definition) is 3. The zero-order chi connectivity index (χ0) is 14.5. The van der Waals surface area contributed by atoms with Crippen LogP contribution in [0.1, 0.15) is 44.7 Å². The van der Waals surface area contributed by atoms with Crippen molar-refractivity contribution < 1.29 is 14.3 Å². The van der Waals surface area contributed by atoms with Crippen LogP contribution in [-0.4, -0.2) is 34.8 Å². The van der Waals surface area contributed by atoms with Crippen molar-refractivity contribution in [3.8, 4) is 0 Å².